The Morgan fingerprint density at radius 1 is 0.217 bits per heavy atom. The standard InChI is InChI=1S/C46H30/c1-3-13-31(14-4-1)33-23-24-35-30-36(26-25-34(35)29-33)37-27-28-44(39-18-8-7-17-38(37)39)46-42-21-11-9-19-40(42)45(32-15-5-2-6-16-32)41-20-10-12-22-43(41)46/h1-30H. The van der Waals surface area contributed by atoms with Gasteiger partial charge in [0.05, 0.1) is 0 Å². The molecule has 0 aliphatic heterocycles. The lowest BCUT2D eigenvalue weighted by Crippen LogP contribution is -1.92. The minimum atomic E-state index is 1.23. The molecule has 0 atom stereocenters. The minimum absolute atomic E-state index is 1.23. The van der Waals surface area contributed by atoms with Crippen LogP contribution < -0.4 is 0 Å². The van der Waals surface area contributed by atoms with Gasteiger partial charge in [0, 0.05) is 0 Å². The Bertz CT molecular complexity index is 2500. The van der Waals surface area contributed by atoms with Crippen molar-refractivity contribution in [3.8, 4) is 44.5 Å². The molecule has 0 aromatic heterocycles. The van der Waals surface area contributed by atoms with E-state index in [-0.39, 0.29) is 0 Å². The van der Waals surface area contributed by atoms with E-state index in [0.717, 1.165) is 0 Å². The van der Waals surface area contributed by atoms with Crippen LogP contribution in [0.25, 0.3) is 87.6 Å². The van der Waals surface area contributed by atoms with Crippen LogP contribution in [0.2, 0.25) is 0 Å². The molecule has 9 rings (SSSR count). The summed E-state index contributed by atoms with van der Waals surface area (Å²) in [6, 6.07) is 66.5. The molecule has 0 unspecified atom stereocenters. The largest absolute Gasteiger partial charge is 0.0622 e. The smallest absolute Gasteiger partial charge is 0.00201 e. The third-order valence-electron chi connectivity index (χ3n) is 9.45. The predicted molar refractivity (Wildman–Crippen MR) is 198 cm³/mol. The van der Waals surface area contributed by atoms with E-state index < -0.39 is 0 Å². The number of benzene rings is 9. The average molecular weight is 583 g/mol. The van der Waals surface area contributed by atoms with Gasteiger partial charge >= 0.3 is 0 Å². The molecule has 46 heavy (non-hydrogen) atoms. The van der Waals surface area contributed by atoms with E-state index in [1.807, 2.05) is 0 Å². The van der Waals surface area contributed by atoms with Gasteiger partial charge < -0.3 is 0 Å². The van der Waals surface area contributed by atoms with Crippen molar-refractivity contribution in [1.29, 1.82) is 0 Å². The van der Waals surface area contributed by atoms with E-state index in [9.17, 15) is 0 Å². The van der Waals surface area contributed by atoms with Crippen molar-refractivity contribution in [2.45, 2.75) is 0 Å². The summed E-state index contributed by atoms with van der Waals surface area (Å²) in [5.41, 5.74) is 10.1. The molecular formula is C46H30. The highest BCUT2D eigenvalue weighted by atomic mass is 14.2. The van der Waals surface area contributed by atoms with E-state index in [1.165, 1.54) is 87.6 Å². The lowest BCUT2D eigenvalue weighted by atomic mass is 9.83. The highest BCUT2D eigenvalue weighted by molar-refractivity contribution is 6.24. The fourth-order valence-electron chi connectivity index (χ4n) is 7.33. The number of hydrogen-bond donors (Lipinski definition) is 0. The molecular weight excluding hydrogens is 553 g/mol. The van der Waals surface area contributed by atoms with Gasteiger partial charge in [-0.1, -0.05) is 170 Å². The molecule has 0 radical (unpaired) electrons. The van der Waals surface area contributed by atoms with Crippen LogP contribution in [0, 0.1) is 0 Å². The zero-order valence-electron chi connectivity index (χ0n) is 25.3. The normalized spacial score (nSPS) is 11.5. The second-order valence-corrected chi connectivity index (χ2v) is 12.1. The molecule has 0 spiro atoms. The van der Waals surface area contributed by atoms with Gasteiger partial charge in [0.2, 0.25) is 0 Å². The molecule has 0 heterocycles. The quantitative estimate of drug-likeness (QED) is 0.181. The number of fused-ring (bicyclic) bond motifs is 4. The SMILES string of the molecule is c1ccc(-c2ccc3cc(-c4ccc(-c5c6ccccc6c(-c6ccccc6)c6ccccc56)c5ccccc45)ccc3c2)cc1. The summed E-state index contributed by atoms with van der Waals surface area (Å²) in [6.07, 6.45) is 0. The average Bonchev–Trinajstić information content (AvgIpc) is 3.14. The Kier molecular flexibility index (Phi) is 6.25. The van der Waals surface area contributed by atoms with Gasteiger partial charge in [0.1, 0.15) is 0 Å². The molecule has 0 nitrogen and oxygen atoms in total. The van der Waals surface area contributed by atoms with Crippen molar-refractivity contribution < 1.29 is 0 Å². The fraction of sp³-hybridized carbons (Fsp3) is 0. The molecule has 0 saturated heterocycles. The monoisotopic (exact) mass is 582 g/mol. The summed E-state index contributed by atoms with van der Waals surface area (Å²) in [5.74, 6) is 0. The lowest BCUT2D eigenvalue weighted by Gasteiger charge is -2.19. The van der Waals surface area contributed by atoms with Crippen LogP contribution in [0.4, 0.5) is 0 Å². The minimum Gasteiger partial charge on any atom is -0.0622 e. The first kappa shape index (κ1) is 26.4. The molecule has 0 amide bonds. The van der Waals surface area contributed by atoms with E-state index >= 15 is 0 Å². The highest BCUT2D eigenvalue weighted by Crippen LogP contribution is 2.46. The van der Waals surface area contributed by atoms with Gasteiger partial charge in [0.25, 0.3) is 0 Å². The Balaban J connectivity index is 1.26. The van der Waals surface area contributed by atoms with Gasteiger partial charge in [0.15, 0.2) is 0 Å². The summed E-state index contributed by atoms with van der Waals surface area (Å²) in [4.78, 5) is 0. The summed E-state index contributed by atoms with van der Waals surface area (Å²) >= 11 is 0. The number of hydrogen-bond acceptors (Lipinski definition) is 0. The van der Waals surface area contributed by atoms with Crippen LogP contribution in [0.3, 0.4) is 0 Å². The van der Waals surface area contributed by atoms with Crippen molar-refractivity contribution >= 4 is 43.1 Å². The van der Waals surface area contributed by atoms with Crippen molar-refractivity contribution in [1.82, 2.24) is 0 Å². The van der Waals surface area contributed by atoms with Crippen LogP contribution in [-0.2, 0) is 0 Å². The molecule has 0 saturated carbocycles. The summed E-state index contributed by atoms with van der Waals surface area (Å²) in [5, 5.41) is 10.1. The van der Waals surface area contributed by atoms with E-state index in [4.69, 9.17) is 0 Å². The van der Waals surface area contributed by atoms with Gasteiger partial charge in [-0.3, -0.25) is 0 Å². The molecule has 0 heteroatoms. The number of rotatable bonds is 4. The van der Waals surface area contributed by atoms with Crippen LogP contribution >= 0.6 is 0 Å². The summed E-state index contributed by atoms with van der Waals surface area (Å²) in [6.45, 7) is 0. The van der Waals surface area contributed by atoms with Gasteiger partial charge in [-0.15, -0.1) is 0 Å². The summed E-state index contributed by atoms with van der Waals surface area (Å²) in [7, 11) is 0. The highest BCUT2D eigenvalue weighted by Gasteiger charge is 2.18. The maximum absolute atomic E-state index is 2.34. The van der Waals surface area contributed by atoms with Crippen LogP contribution in [0.1, 0.15) is 0 Å². The maximum Gasteiger partial charge on any atom is -0.00201 e. The van der Waals surface area contributed by atoms with Crippen molar-refractivity contribution in [3.05, 3.63) is 182 Å². The van der Waals surface area contributed by atoms with Crippen molar-refractivity contribution in [3.63, 3.8) is 0 Å². The van der Waals surface area contributed by atoms with Crippen molar-refractivity contribution in [2.75, 3.05) is 0 Å². The van der Waals surface area contributed by atoms with Crippen LogP contribution in [-0.4, -0.2) is 0 Å². The Morgan fingerprint density at radius 2 is 0.630 bits per heavy atom. The first-order valence-electron chi connectivity index (χ1n) is 15.9. The molecule has 0 fully saturated rings. The second kappa shape index (κ2) is 10.9. The summed E-state index contributed by atoms with van der Waals surface area (Å²) < 4.78 is 0. The van der Waals surface area contributed by atoms with E-state index in [0.29, 0.717) is 0 Å². The van der Waals surface area contributed by atoms with Gasteiger partial charge in [-0.2, -0.15) is 0 Å². The molecule has 0 bridgehead atoms. The Labute approximate surface area is 268 Å². The molecule has 214 valence electrons. The third-order valence-corrected chi connectivity index (χ3v) is 9.45. The molecule has 0 aliphatic rings. The predicted octanol–water partition coefficient (Wildman–Crippen LogP) is 13.0. The van der Waals surface area contributed by atoms with Gasteiger partial charge in [-0.25, -0.2) is 0 Å². The van der Waals surface area contributed by atoms with Crippen molar-refractivity contribution in [2.24, 2.45) is 0 Å². The fourth-order valence-corrected chi connectivity index (χ4v) is 7.33. The third kappa shape index (κ3) is 4.30. The molecule has 0 aliphatic carbocycles. The maximum atomic E-state index is 2.34. The topological polar surface area (TPSA) is 0 Å². The Hall–Kier alpha value is -5.98. The molecule has 0 N–H and O–H groups in total. The lowest BCUT2D eigenvalue weighted by molar-refractivity contribution is 1.63. The second-order valence-electron chi connectivity index (χ2n) is 12.1. The van der Waals surface area contributed by atoms with Gasteiger partial charge in [-0.05, 0) is 99.7 Å². The molecule has 9 aromatic carbocycles. The zero-order valence-corrected chi connectivity index (χ0v) is 25.3. The Morgan fingerprint density at radius 3 is 1.22 bits per heavy atom. The first-order valence-corrected chi connectivity index (χ1v) is 15.9. The van der Waals surface area contributed by atoms with E-state index in [2.05, 4.69) is 182 Å². The zero-order chi connectivity index (χ0) is 30.5. The first-order chi connectivity index (χ1) is 22.8. The molecule has 9 aromatic rings. The van der Waals surface area contributed by atoms with Crippen LogP contribution in [0.15, 0.2) is 182 Å². The van der Waals surface area contributed by atoms with Crippen LogP contribution in [0.5, 0.6) is 0 Å². The van der Waals surface area contributed by atoms with E-state index in [1.54, 1.807) is 0 Å².